The number of nitrogens with one attached hydrogen (secondary N) is 1. The number of fused-ring (bicyclic) bond motifs is 1. The van der Waals surface area contributed by atoms with Crippen molar-refractivity contribution in [3.8, 4) is 17.6 Å². The van der Waals surface area contributed by atoms with Gasteiger partial charge in [0.1, 0.15) is 11.6 Å². The van der Waals surface area contributed by atoms with Crippen molar-refractivity contribution in [2.45, 2.75) is 12.5 Å². The molecule has 152 valence electrons. The van der Waals surface area contributed by atoms with Gasteiger partial charge in [0, 0.05) is 0 Å². The SMILES string of the molecule is COc1ccc(C2C(C#N)=C(N)Nc3c2sc(=S)n3Cc2ccccc2)cc1OC. The van der Waals surface area contributed by atoms with Gasteiger partial charge in [-0.05, 0) is 35.5 Å². The van der Waals surface area contributed by atoms with Gasteiger partial charge in [-0.15, -0.1) is 11.3 Å². The molecule has 0 spiro atoms. The topological polar surface area (TPSA) is 85.2 Å². The summed E-state index contributed by atoms with van der Waals surface area (Å²) in [7, 11) is 3.18. The lowest BCUT2D eigenvalue weighted by molar-refractivity contribution is 0.354. The molecule has 1 aromatic heterocycles. The van der Waals surface area contributed by atoms with Gasteiger partial charge >= 0.3 is 0 Å². The van der Waals surface area contributed by atoms with Crippen molar-refractivity contribution in [3.05, 3.63) is 79.9 Å². The molecule has 4 rings (SSSR count). The summed E-state index contributed by atoms with van der Waals surface area (Å²) >= 11 is 7.16. The highest BCUT2D eigenvalue weighted by Crippen LogP contribution is 2.46. The predicted molar refractivity (Wildman–Crippen MR) is 121 cm³/mol. The fourth-order valence-electron chi connectivity index (χ4n) is 3.61. The lowest BCUT2D eigenvalue weighted by atomic mass is 9.88. The van der Waals surface area contributed by atoms with Gasteiger partial charge in [-0.2, -0.15) is 5.26 Å². The first kappa shape index (κ1) is 20.0. The van der Waals surface area contributed by atoms with Crippen molar-refractivity contribution in [1.29, 1.82) is 5.26 Å². The van der Waals surface area contributed by atoms with E-state index >= 15 is 0 Å². The van der Waals surface area contributed by atoms with Crippen LogP contribution in [0.3, 0.4) is 0 Å². The minimum absolute atomic E-state index is 0.333. The van der Waals surface area contributed by atoms with E-state index in [1.807, 2.05) is 41.0 Å². The van der Waals surface area contributed by atoms with Crippen LogP contribution in [0.5, 0.6) is 11.5 Å². The normalized spacial score (nSPS) is 15.2. The first-order valence-electron chi connectivity index (χ1n) is 9.23. The van der Waals surface area contributed by atoms with E-state index < -0.39 is 0 Å². The van der Waals surface area contributed by atoms with Gasteiger partial charge in [-0.1, -0.05) is 36.4 Å². The molecule has 0 saturated heterocycles. The molecule has 1 atom stereocenters. The molecule has 8 heteroatoms. The molecule has 1 aliphatic rings. The second-order valence-electron chi connectivity index (χ2n) is 6.76. The Balaban J connectivity index is 1.86. The molecular formula is C22H20N4O2S2. The quantitative estimate of drug-likeness (QED) is 0.569. The van der Waals surface area contributed by atoms with Crippen molar-refractivity contribution in [2.75, 3.05) is 19.5 Å². The van der Waals surface area contributed by atoms with Crippen LogP contribution in [0.4, 0.5) is 5.82 Å². The molecule has 0 amide bonds. The Morgan fingerprint density at radius 3 is 2.57 bits per heavy atom. The van der Waals surface area contributed by atoms with Gasteiger partial charge in [-0.3, -0.25) is 0 Å². The van der Waals surface area contributed by atoms with Crippen LogP contribution in [0.1, 0.15) is 21.9 Å². The van der Waals surface area contributed by atoms with Crippen LogP contribution >= 0.6 is 23.6 Å². The summed E-state index contributed by atoms with van der Waals surface area (Å²) in [6, 6.07) is 18.0. The van der Waals surface area contributed by atoms with E-state index in [1.165, 1.54) is 11.3 Å². The number of methoxy groups -OCH3 is 2. The van der Waals surface area contributed by atoms with Gasteiger partial charge < -0.3 is 25.1 Å². The molecule has 3 aromatic rings. The Labute approximate surface area is 183 Å². The lowest BCUT2D eigenvalue weighted by Crippen LogP contribution is -2.24. The van der Waals surface area contributed by atoms with Gasteiger partial charge in [0.05, 0.1) is 43.2 Å². The van der Waals surface area contributed by atoms with Gasteiger partial charge in [0.2, 0.25) is 0 Å². The molecule has 2 aromatic carbocycles. The zero-order chi connectivity index (χ0) is 21.3. The van der Waals surface area contributed by atoms with Crippen molar-refractivity contribution < 1.29 is 9.47 Å². The molecule has 30 heavy (non-hydrogen) atoms. The van der Waals surface area contributed by atoms with E-state index in [0.717, 1.165) is 21.8 Å². The van der Waals surface area contributed by atoms with Crippen LogP contribution in [-0.4, -0.2) is 18.8 Å². The highest BCUT2D eigenvalue weighted by Gasteiger charge is 2.33. The third-order valence-electron chi connectivity index (χ3n) is 5.06. The number of anilines is 1. The number of nitriles is 1. The Morgan fingerprint density at radius 1 is 1.17 bits per heavy atom. The Hall–Kier alpha value is -3.28. The van der Waals surface area contributed by atoms with E-state index in [2.05, 4.69) is 23.5 Å². The largest absolute Gasteiger partial charge is 0.493 e. The van der Waals surface area contributed by atoms with Crippen LogP contribution in [-0.2, 0) is 6.54 Å². The summed E-state index contributed by atoms with van der Waals surface area (Å²) in [5.74, 6) is 2.04. The minimum Gasteiger partial charge on any atom is -0.493 e. The predicted octanol–water partition coefficient (Wildman–Crippen LogP) is 4.60. The summed E-state index contributed by atoms with van der Waals surface area (Å²) in [6.45, 7) is 0.617. The summed E-state index contributed by atoms with van der Waals surface area (Å²) in [5.41, 5.74) is 8.75. The van der Waals surface area contributed by atoms with Crippen LogP contribution < -0.4 is 20.5 Å². The molecule has 0 fully saturated rings. The summed E-state index contributed by atoms with van der Waals surface area (Å²) in [5, 5.41) is 13.1. The second kappa shape index (κ2) is 8.22. The fourth-order valence-corrected chi connectivity index (χ4v) is 5.12. The summed E-state index contributed by atoms with van der Waals surface area (Å²) in [4.78, 5) is 0.953. The maximum absolute atomic E-state index is 9.85. The van der Waals surface area contributed by atoms with E-state index in [-0.39, 0.29) is 5.92 Å². The number of aromatic nitrogens is 1. The zero-order valence-corrected chi connectivity index (χ0v) is 18.1. The number of hydrogen-bond donors (Lipinski definition) is 2. The van der Waals surface area contributed by atoms with Crippen LogP contribution in [0, 0.1) is 15.3 Å². The standard InChI is InChI=1S/C22H20N4O2S2/c1-27-16-9-8-14(10-17(16)28-2)18-15(11-23)20(24)25-21-19(18)30-22(29)26(21)12-13-6-4-3-5-7-13/h3-10,18,25H,12,24H2,1-2H3. The van der Waals surface area contributed by atoms with Crippen LogP contribution in [0.25, 0.3) is 0 Å². The monoisotopic (exact) mass is 436 g/mol. The molecule has 3 N–H and O–H groups in total. The van der Waals surface area contributed by atoms with Gasteiger partial charge in [0.15, 0.2) is 15.5 Å². The third kappa shape index (κ3) is 3.43. The van der Waals surface area contributed by atoms with E-state index in [0.29, 0.717) is 33.4 Å². The highest BCUT2D eigenvalue weighted by atomic mass is 32.1. The number of thiazole rings is 1. The molecule has 0 radical (unpaired) electrons. The number of benzene rings is 2. The average Bonchev–Trinajstić information content (AvgIpc) is 3.07. The first-order chi connectivity index (χ1) is 14.6. The number of nitrogens with two attached hydrogens (primary N) is 1. The molecule has 0 bridgehead atoms. The number of ether oxygens (including phenoxy) is 2. The zero-order valence-electron chi connectivity index (χ0n) is 16.5. The van der Waals surface area contributed by atoms with E-state index in [4.69, 9.17) is 27.4 Å². The Morgan fingerprint density at radius 2 is 1.90 bits per heavy atom. The average molecular weight is 437 g/mol. The van der Waals surface area contributed by atoms with Gasteiger partial charge in [-0.25, -0.2) is 0 Å². The molecule has 0 saturated carbocycles. The van der Waals surface area contributed by atoms with Crippen molar-refractivity contribution in [3.63, 3.8) is 0 Å². The van der Waals surface area contributed by atoms with E-state index in [1.54, 1.807) is 14.2 Å². The number of hydrogen-bond acceptors (Lipinski definition) is 7. The maximum Gasteiger partial charge on any atom is 0.163 e. The molecule has 6 nitrogen and oxygen atoms in total. The third-order valence-corrected chi connectivity index (χ3v) is 6.57. The smallest absolute Gasteiger partial charge is 0.163 e. The number of nitrogens with zero attached hydrogens (tertiary/aromatic N) is 2. The summed E-state index contributed by atoms with van der Waals surface area (Å²) in [6.07, 6.45) is 0. The van der Waals surface area contributed by atoms with E-state index in [9.17, 15) is 5.26 Å². The van der Waals surface area contributed by atoms with Crippen molar-refractivity contribution in [2.24, 2.45) is 5.73 Å². The molecule has 1 aliphatic heterocycles. The molecular weight excluding hydrogens is 416 g/mol. The first-order valence-corrected chi connectivity index (χ1v) is 10.5. The fraction of sp³-hybridized carbons (Fsp3) is 0.182. The van der Waals surface area contributed by atoms with Crippen LogP contribution in [0.2, 0.25) is 0 Å². The van der Waals surface area contributed by atoms with Crippen molar-refractivity contribution >= 4 is 29.4 Å². The Kier molecular flexibility index (Phi) is 5.48. The Bertz CT molecular complexity index is 1220. The molecule has 1 unspecified atom stereocenters. The van der Waals surface area contributed by atoms with Gasteiger partial charge in [0.25, 0.3) is 0 Å². The maximum atomic E-state index is 9.85. The minimum atomic E-state index is -0.338. The lowest BCUT2D eigenvalue weighted by Gasteiger charge is -2.26. The summed E-state index contributed by atoms with van der Waals surface area (Å²) < 4.78 is 13.6. The molecule has 0 aliphatic carbocycles. The number of rotatable bonds is 5. The highest BCUT2D eigenvalue weighted by molar-refractivity contribution is 7.73. The second-order valence-corrected chi connectivity index (χ2v) is 8.44. The number of allylic oxidation sites excluding steroid dienone is 1. The van der Waals surface area contributed by atoms with Crippen LogP contribution in [0.15, 0.2) is 59.9 Å². The molecule has 2 heterocycles. The van der Waals surface area contributed by atoms with Crippen molar-refractivity contribution in [1.82, 2.24) is 4.57 Å².